The minimum Gasteiger partial charge on any atom is -0.472 e. The van der Waals surface area contributed by atoms with Crippen molar-refractivity contribution in [1.29, 1.82) is 0 Å². The number of carbonyl (C=O) groups excluding carboxylic acids is 1. The van der Waals surface area contributed by atoms with Crippen molar-refractivity contribution in [3.05, 3.63) is 53.4 Å². The molecule has 2 heterocycles. The van der Waals surface area contributed by atoms with Crippen LogP contribution < -0.4 is 0 Å². The maximum absolute atomic E-state index is 11.6. The Morgan fingerprint density at radius 3 is 3.00 bits per heavy atom. The third-order valence-electron chi connectivity index (χ3n) is 2.42. The first kappa shape index (κ1) is 11.0. The van der Waals surface area contributed by atoms with Crippen LogP contribution in [0.15, 0.2) is 47.3 Å². The van der Waals surface area contributed by atoms with Crippen LogP contribution in [0.2, 0.25) is 0 Å². The molecule has 0 unspecified atom stereocenters. The molecule has 0 bridgehead atoms. The Morgan fingerprint density at radius 1 is 1.33 bits per heavy atom. The molecule has 3 aromatic rings. The van der Waals surface area contributed by atoms with Crippen molar-refractivity contribution in [2.75, 3.05) is 0 Å². The van der Waals surface area contributed by atoms with E-state index in [1.54, 1.807) is 6.07 Å². The summed E-state index contributed by atoms with van der Waals surface area (Å²) in [5, 5.41) is 0.785. The molecule has 0 N–H and O–H groups in total. The third-order valence-corrected chi connectivity index (χ3v) is 3.43. The van der Waals surface area contributed by atoms with Crippen LogP contribution in [0.3, 0.4) is 0 Å². The van der Waals surface area contributed by atoms with E-state index in [-0.39, 0.29) is 6.61 Å². The van der Waals surface area contributed by atoms with Gasteiger partial charge in [0.2, 0.25) is 0 Å². The summed E-state index contributed by atoms with van der Waals surface area (Å²) < 4.78 is 11.1. The predicted molar refractivity (Wildman–Crippen MR) is 67.4 cm³/mol. The fourth-order valence-corrected chi connectivity index (χ4v) is 2.45. The lowest BCUT2D eigenvalue weighted by Gasteiger charge is -1.98. The smallest absolute Gasteiger partial charge is 0.341 e. The summed E-state index contributed by atoms with van der Waals surface area (Å²) in [5.74, 6) is -0.400. The number of esters is 1. The van der Waals surface area contributed by atoms with Gasteiger partial charge in [-0.3, -0.25) is 0 Å². The molecule has 0 saturated carbocycles. The highest BCUT2D eigenvalue weighted by Crippen LogP contribution is 2.22. The first-order chi connectivity index (χ1) is 8.83. The average molecular weight is 259 g/mol. The maximum Gasteiger partial charge on any atom is 0.341 e. The quantitative estimate of drug-likeness (QED) is 0.677. The molecule has 1 aromatic carbocycles. The Hall–Kier alpha value is -2.14. The number of ether oxygens (including phenoxy) is 1. The third kappa shape index (κ3) is 2.12. The minimum atomic E-state index is -0.400. The molecule has 0 aliphatic carbocycles. The first-order valence-corrected chi connectivity index (χ1v) is 6.18. The van der Waals surface area contributed by atoms with Gasteiger partial charge in [0.05, 0.1) is 22.0 Å². The maximum atomic E-state index is 11.6. The highest BCUT2D eigenvalue weighted by atomic mass is 32.1. The molecule has 18 heavy (non-hydrogen) atoms. The topological polar surface area (TPSA) is 52.3 Å². The largest absolute Gasteiger partial charge is 0.472 e. The second-order valence-electron chi connectivity index (χ2n) is 3.66. The summed E-state index contributed by atoms with van der Waals surface area (Å²) >= 11 is 1.52. The van der Waals surface area contributed by atoms with Gasteiger partial charge < -0.3 is 9.15 Å². The minimum absolute atomic E-state index is 0.184. The molecule has 0 fully saturated rings. The molecule has 0 radical (unpaired) electrons. The zero-order valence-electron chi connectivity index (χ0n) is 9.33. The number of hydrogen-bond donors (Lipinski definition) is 0. The fourth-order valence-electron chi connectivity index (χ4n) is 1.57. The lowest BCUT2D eigenvalue weighted by atomic mass is 10.3. The highest BCUT2D eigenvalue weighted by Gasteiger charge is 2.10. The van der Waals surface area contributed by atoms with E-state index in [1.807, 2.05) is 24.3 Å². The van der Waals surface area contributed by atoms with E-state index >= 15 is 0 Å². The molecule has 0 amide bonds. The SMILES string of the molecule is O=C(OCc1nc2ccccc2s1)c1ccoc1. The van der Waals surface area contributed by atoms with Gasteiger partial charge >= 0.3 is 5.97 Å². The van der Waals surface area contributed by atoms with Gasteiger partial charge in [0, 0.05) is 0 Å². The second-order valence-corrected chi connectivity index (χ2v) is 4.78. The van der Waals surface area contributed by atoms with Crippen molar-refractivity contribution in [3.63, 3.8) is 0 Å². The number of rotatable bonds is 3. The predicted octanol–water partition coefficient (Wildman–Crippen LogP) is 3.25. The van der Waals surface area contributed by atoms with E-state index in [4.69, 9.17) is 9.15 Å². The van der Waals surface area contributed by atoms with E-state index < -0.39 is 5.97 Å². The highest BCUT2D eigenvalue weighted by molar-refractivity contribution is 7.18. The van der Waals surface area contributed by atoms with Crippen molar-refractivity contribution in [1.82, 2.24) is 4.98 Å². The van der Waals surface area contributed by atoms with Gasteiger partial charge in [-0.25, -0.2) is 9.78 Å². The molecule has 3 rings (SSSR count). The van der Waals surface area contributed by atoms with Crippen LogP contribution >= 0.6 is 11.3 Å². The normalized spacial score (nSPS) is 10.7. The number of para-hydroxylation sites is 1. The lowest BCUT2D eigenvalue weighted by molar-refractivity contribution is 0.0472. The summed E-state index contributed by atoms with van der Waals surface area (Å²) in [6.45, 7) is 0.184. The molecular formula is C13H9NO3S. The average Bonchev–Trinajstić information content (AvgIpc) is 3.04. The van der Waals surface area contributed by atoms with E-state index in [1.165, 1.54) is 23.9 Å². The summed E-state index contributed by atoms with van der Waals surface area (Å²) in [7, 11) is 0. The Bertz CT molecular complexity index is 639. The van der Waals surface area contributed by atoms with Crippen LogP contribution in [-0.2, 0) is 11.3 Å². The van der Waals surface area contributed by atoms with Crippen LogP contribution in [-0.4, -0.2) is 11.0 Å². The number of furan rings is 1. The summed E-state index contributed by atoms with van der Waals surface area (Å²) in [6, 6.07) is 9.40. The first-order valence-electron chi connectivity index (χ1n) is 5.37. The Balaban J connectivity index is 1.71. The molecule has 0 spiro atoms. The Morgan fingerprint density at radius 2 is 2.22 bits per heavy atom. The van der Waals surface area contributed by atoms with Crippen molar-refractivity contribution in [2.24, 2.45) is 0 Å². The van der Waals surface area contributed by atoms with Gasteiger partial charge in [-0.2, -0.15) is 0 Å². The Labute approximate surface area is 107 Å². The zero-order chi connectivity index (χ0) is 12.4. The number of aromatic nitrogens is 1. The van der Waals surface area contributed by atoms with Gasteiger partial charge in [-0.15, -0.1) is 11.3 Å². The molecule has 0 atom stereocenters. The van der Waals surface area contributed by atoms with E-state index in [0.717, 1.165) is 15.2 Å². The zero-order valence-corrected chi connectivity index (χ0v) is 10.1. The van der Waals surface area contributed by atoms with Gasteiger partial charge in [-0.05, 0) is 18.2 Å². The molecule has 0 aliphatic heterocycles. The molecule has 5 heteroatoms. The number of fused-ring (bicyclic) bond motifs is 1. The van der Waals surface area contributed by atoms with Crippen LogP contribution in [0.4, 0.5) is 0 Å². The number of benzene rings is 1. The summed E-state index contributed by atoms with van der Waals surface area (Å²) in [6.07, 6.45) is 2.80. The van der Waals surface area contributed by atoms with Gasteiger partial charge in [0.1, 0.15) is 17.9 Å². The number of hydrogen-bond acceptors (Lipinski definition) is 5. The van der Waals surface area contributed by atoms with Crippen LogP contribution in [0.1, 0.15) is 15.4 Å². The fraction of sp³-hybridized carbons (Fsp3) is 0.0769. The van der Waals surface area contributed by atoms with E-state index in [0.29, 0.717) is 5.56 Å². The van der Waals surface area contributed by atoms with Crippen molar-refractivity contribution < 1.29 is 13.9 Å². The molecule has 0 saturated heterocycles. The summed E-state index contributed by atoms with van der Waals surface area (Å²) in [4.78, 5) is 16.0. The van der Waals surface area contributed by atoms with Crippen LogP contribution in [0.25, 0.3) is 10.2 Å². The standard InChI is InChI=1S/C13H9NO3S/c15-13(9-5-6-16-7-9)17-8-12-14-10-3-1-2-4-11(10)18-12/h1-7H,8H2. The van der Waals surface area contributed by atoms with Gasteiger partial charge in [0.25, 0.3) is 0 Å². The molecule has 0 aliphatic rings. The van der Waals surface area contributed by atoms with Crippen LogP contribution in [0, 0.1) is 0 Å². The van der Waals surface area contributed by atoms with Crippen LogP contribution in [0.5, 0.6) is 0 Å². The van der Waals surface area contributed by atoms with Crippen molar-refractivity contribution in [3.8, 4) is 0 Å². The number of carbonyl (C=O) groups is 1. The molecule has 4 nitrogen and oxygen atoms in total. The molecule has 90 valence electrons. The van der Waals surface area contributed by atoms with Crippen molar-refractivity contribution >= 4 is 27.5 Å². The molecule has 2 aromatic heterocycles. The van der Waals surface area contributed by atoms with E-state index in [2.05, 4.69) is 4.98 Å². The molecular weight excluding hydrogens is 250 g/mol. The Kier molecular flexibility index (Phi) is 2.82. The summed E-state index contributed by atoms with van der Waals surface area (Å²) in [5.41, 5.74) is 1.34. The second kappa shape index (κ2) is 4.62. The number of nitrogens with zero attached hydrogens (tertiary/aromatic N) is 1. The lowest BCUT2D eigenvalue weighted by Crippen LogP contribution is -2.03. The van der Waals surface area contributed by atoms with Crippen molar-refractivity contribution in [2.45, 2.75) is 6.61 Å². The van der Waals surface area contributed by atoms with E-state index in [9.17, 15) is 4.79 Å². The monoisotopic (exact) mass is 259 g/mol. The van der Waals surface area contributed by atoms with Gasteiger partial charge in [0.15, 0.2) is 0 Å². The van der Waals surface area contributed by atoms with Gasteiger partial charge in [-0.1, -0.05) is 12.1 Å². The number of thiazole rings is 1.